The Morgan fingerprint density at radius 1 is 1.29 bits per heavy atom. The maximum absolute atomic E-state index is 11.6. The molecule has 0 bridgehead atoms. The molecule has 0 saturated carbocycles. The Hall–Kier alpha value is -2.10. The van der Waals surface area contributed by atoms with Crippen LogP contribution in [0.5, 0.6) is 0 Å². The van der Waals surface area contributed by atoms with Gasteiger partial charge in [0.1, 0.15) is 5.76 Å². The molecule has 88 valence electrons. The molecule has 0 aromatic heterocycles. The number of amides is 1. The zero-order chi connectivity index (χ0) is 12.4. The highest BCUT2D eigenvalue weighted by molar-refractivity contribution is 6.44. The number of rotatable bonds is 1. The third kappa shape index (κ3) is 2.06. The molecule has 1 aliphatic rings. The van der Waals surface area contributed by atoms with Crippen molar-refractivity contribution >= 4 is 17.4 Å². The van der Waals surface area contributed by atoms with Gasteiger partial charge in [0.05, 0.1) is 0 Å². The summed E-state index contributed by atoms with van der Waals surface area (Å²) in [6.07, 6.45) is 0.366. The first-order valence-electron chi connectivity index (χ1n) is 5.42. The predicted octanol–water partition coefficient (Wildman–Crippen LogP) is 1.35. The van der Waals surface area contributed by atoms with Crippen molar-refractivity contribution < 1.29 is 14.7 Å². The minimum Gasteiger partial charge on any atom is -0.507 e. The first-order chi connectivity index (χ1) is 8.11. The Bertz CT molecular complexity index is 517. The summed E-state index contributed by atoms with van der Waals surface area (Å²) in [4.78, 5) is 22.8. The number of carbonyl (C=O) groups is 2. The van der Waals surface area contributed by atoms with Crippen molar-refractivity contribution in [3.63, 3.8) is 0 Å². The fourth-order valence-electron chi connectivity index (χ4n) is 1.86. The minimum absolute atomic E-state index is 0.0806. The SMILES string of the molecule is Cc1ccccc1/C(O)=C1/CCNC(=O)C1=O. The van der Waals surface area contributed by atoms with E-state index < -0.39 is 11.7 Å². The Labute approximate surface area is 99.0 Å². The van der Waals surface area contributed by atoms with Crippen LogP contribution >= 0.6 is 0 Å². The Kier molecular flexibility index (Phi) is 2.95. The van der Waals surface area contributed by atoms with Crippen LogP contribution in [0.15, 0.2) is 29.8 Å². The average Bonchev–Trinajstić information content (AvgIpc) is 2.32. The highest BCUT2D eigenvalue weighted by Gasteiger charge is 2.27. The van der Waals surface area contributed by atoms with Gasteiger partial charge >= 0.3 is 0 Å². The lowest BCUT2D eigenvalue weighted by Crippen LogP contribution is -2.38. The van der Waals surface area contributed by atoms with Gasteiger partial charge in [-0.2, -0.15) is 0 Å². The van der Waals surface area contributed by atoms with Crippen LogP contribution in [0, 0.1) is 6.92 Å². The van der Waals surface area contributed by atoms with E-state index in [2.05, 4.69) is 5.32 Å². The van der Waals surface area contributed by atoms with Gasteiger partial charge in [-0.15, -0.1) is 0 Å². The second kappa shape index (κ2) is 4.41. The van der Waals surface area contributed by atoms with Gasteiger partial charge in [0.15, 0.2) is 0 Å². The van der Waals surface area contributed by atoms with Gasteiger partial charge in [-0.3, -0.25) is 9.59 Å². The molecule has 17 heavy (non-hydrogen) atoms. The molecule has 1 amide bonds. The third-order valence-electron chi connectivity index (χ3n) is 2.83. The molecule has 1 heterocycles. The van der Waals surface area contributed by atoms with Crippen molar-refractivity contribution in [1.82, 2.24) is 5.32 Å². The summed E-state index contributed by atoms with van der Waals surface area (Å²) >= 11 is 0. The average molecular weight is 231 g/mol. The number of aryl methyl sites for hydroxylation is 1. The summed E-state index contributed by atoms with van der Waals surface area (Å²) in [5.74, 6) is -1.37. The van der Waals surface area contributed by atoms with Crippen molar-refractivity contribution in [2.45, 2.75) is 13.3 Å². The summed E-state index contributed by atoms with van der Waals surface area (Å²) in [5, 5.41) is 12.5. The molecule has 4 nitrogen and oxygen atoms in total. The molecule has 4 heteroatoms. The van der Waals surface area contributed by atoms with Crippen LogP contribution in [0.3, 0.4) is 0 Å². The lowest BCUT2D eigenvalue weighted by Gasteiger charge is -2.16. The number of piperidine rings is 1. The molecule has 0 radical (unpaired) electrons. The van der Waals surface area contributed by atoms with Crippen molar-refractivity contribution in [2.24, 2.45) is 0 Å². The largest absolute Gasteiger partial charge is 0.507 e. The minimum atomic E-state index is -0.647. The van der Waals surface area contributed by atoms with Crippen LogP contribution in [-0.4, -0.2) is 23.3 Å². The number of Topliss-reactive ketones (excluding diaryl/α,β-unsaturated/α-hetero) is 1. The van der Waals surface area contributed by atoms with E-state index in [0.717, 1.165) is 5.56 Å². The van der Waals surface area contributed by atoms with E-state index in [1.54, 1.807) is 12.1 Å². The van der Waals surface area contributed by atoms with E-state index in [-0.39, 0.29) is 11.3 Å². The summed E-state index contributed by atoms with van der Waals surface area (Å²) in [6.45, 7) is 2.23. The number of carbonyl (C=O) groups excluding carboxylic acids is 2. The van der Waals surface area contributed by atoms with E-state index >= 15 is 0 Å². The molecular weight excluding hydrogens is 218 g/mol. The number of nitrogens with one attached hydrogen (secondary N) is 1. The molecule has 0 atom stereocenters. The summed E-state index contributed by atoms with van der Waals surface area (Å²) in [6, 6.07) is 7.22. The highest BCUT2D eigenvalue weighted by atomic mass is 16.3. The smallest absolute Gasteiger partial charge is 0.292 e. The molecule has 1 aromatic rings. The van der Waals surface area contributed by atoms with Gasteiger partial charge in [-0.1, -0.05) is 24.3 Å². The molecule has 0 aliphatic carbocycles. The first kappa shape index (κ1) is 11.4. The highest BCUT2D eigenvalue weighted by Crippen LogP contribution is 2.23. The normalized spacial score (nSPS) is 18.9. The van der Waals surface area contributed by atoms with Gasteiger partial charge in [-0.05, 0) is 18.9 Å². The monoisotopic (exact) mass is 231 g/mol. The van der Waals surface area contributed by atoms with Crippen molar-refractivity contribution in [3.05, 3.63) is 41.0 Å². The fraction of sp³-hybridized carbons (Fsp3) is 0.231. The molecule has 0 unspecified atom stereocenters. The number of aliphatic hydroxyl groups is 1. The summed E-state index contributed by atoms with van der Waals surface area (Å²) < 4.78 is 0. The second-order valence-corrected chi connectivity index (χ2v) is 3.98. The zero-order valence-corrected chi connectivity index (χ0v) is 9.49. The molecule has 1 fully saturated rings. The second-order valence-electron chi connectivity index (χ2n) is 3.98. The molecule has 1 aliphatic heterocycles. The number of hydrogen-bond acceptors (Lipinski definition) is 3. The van der Waals surface area contributed by atoms with Crippen LogP contribution in [0.2, 0.25) is 0 Å². The maximum Gasteiger partial charge on any atom is 0.292 e. The third-order valence-corrected chi connectivity index (χ3v) is 2.83. The molecule has 0 spiro atoms. The van der Waals surface area contributed by atoms with Crippen LogP contribution < -0.4 is 5.32 Å². The summed E-state index contributed by atoms with van der Waals surface area (Å²) in [5.41, 5.74) is 1.67. The van der Waals surface area contributed by atoms with Gasteiger partial charge in [0, 0.05) is 17.7 Å². The van der Waals surface area contributed by atoms with Crippen LogP contribution in [0.1, 0.15) is 17.5 Å². The van der Waals surface area contributed by atoms with Crippen LogP contribution in [-0.2, 0) is 9.59 Å². The van der Waals surface area contributed by atoms with Crippen molar-refractivity contribution in [2.75, 3.05) is 6.54 Å². The molecule has 2 rings (SSSR count). The lowest BCUT2D eigenvalue weighted by atomic mass is 9.96. The Balaban J connectivity index is 2.48. The van der Waals surface area contributed by atoms with E-state index in [1.807, 2.05) is 19.1 Å². The van der Waals surface area contributed by atoms with Crippen LogP contribution in [0.25, 0.3) is 5.76 Å². The number of benzene rings is 1. The maximum atomic E-state index is 11.6. The number of hydrogen-bond donors (Lipinski definition) is 2. The molecule has 2 N–H and O–H groups in total. The molecular formula is C13H13NO3. The van der Waals surface area contributed by atoms with Gasteiger partial charge in [0.25, 0.3) is 5.91 Å². The molecule has 1 aromatic carbocycles. The summed E-state index contributed by atoms with van der Waals surface area (Å²) in [7, 11) is 0. The van der Waals surface area contributed by atoms with Gasteiger partial charge in [0.2, 0.25) is 5.78 Å². The number of ketones is 1. The topological polar surface area (TPSA) is 66.4 Å². The van der Waals surface area contributed by atoms with Gasteiger partial charge < -0.3 is 10.4 Å². The predicted molar refractivity (Wildman–Crippen MR) is 63.4 cm³/mol. The lowest BCUT2D eigenvalue weighted by molar-refractivity contribution is -0.136. The van der Waals surface area contributed by atoms with Crippen molar-refractivity contribution in [3.8, 4) is 0 Å². The Morgan fingerprint density at radius 3 is 2.71 bits per heavy atom. The number of aliphatic hydroxyl groups excluding tert-OH is 1. The van der Waals surface area contributed by atoms with E-state index in [0.29, 0.717) is 18.5 Å². The van der Waals surface area contributed by atoms with E-state index in [4.69, 9.17) is 0 Å². The van der Waals surface area contributed by atoms with Gasteiger partial charge in [-0.25, -0.2) is 0 Å². The zero-order valence-electron chi connectivity index (χ0n) is 9.49. The quantitative estimate of drug-likeness (QED) is 0.435. The van der Waals surface area contributed by atoms with E-state index in [9.17, 15) is 14.7 Å². The molecule has 1 saturated heterocycles. The van der Waals surface area contributed by atoms with Crippen molar-refractivity contribution in [1.29, 1.82) is 0 Å². The van der Waals surface area contributed by atoms with Crippen LogP contribution in [0.4, 0.5) is 0 Å². The first-order valence-corrected chi connectivity index (χ1v) is 5.42. The van der Waals surface area contributed by atoms with E-state index in [1.165, 1.54) is 0 Å². The Morgan fingerprint density at radius 2 is 2.00 bits per heavy atom. The standard InChI is InChI=1S/C13H13NO3/c1-8-4-2-3-5-9(8)11(15)10-6-7-14-13(17)12(10)16/h2-5,15H,6-7H2,1H3,(H,14,17)/b11-10+. The fourth-order valence-corrected chi connectivity index (χ4v) is 1.86.